The van der Waals surface area contributed by atoms with Gasteiger partial charge < -0.3 is 9.47 Å². The van der Waals surface area contributed by atoms with Gasteiger partial charge in [0.2, 0.25) is 16.0 Å². The van der Waals surface area contributed by atoms with Gasteiger partial charge in [-0.1, -0.05) is 13.0 Å². The van der Waals surface area contributed by atoms with Crippen molar-refractivity contribution in [2.45, 2.75) is 31.9 Å². The lowest BCUT2D eigenvalue weighted by atomic mass is 10.2. The van der Waals surface area contributed by atoms with Crippen molar-refractivity contribution in [2.24, 2.45) is 0 Å². The van der Waals surface area contributed by atoms with E-state index < -0.39 is 21.1 Å². The molecule has 1 N–H and O–H groups in total. The van der Waals surface area contributed by atoms with Gasteiger partial charge in [-0.25, -0.2) is 27.8 Å². The van der Waals surface area contributed by atoms with E-state index in [0.717, 1.165) is 24.5 Å². The molecule has 0 spiro atoms. The number of aromatic nitrogens is 6. The molecule has 0 fully saturated rings. The number of methoxy groups -OCH3 is 2. The van der Waals surface area contributed by atoms with Crippen LogP contribution in [0.1, 0.15) is 25.4 Å². The van der Waals surface area contributed by atoms with Crippen LogP contribution in [-0.4, -0.2) is 57.6 Å². The quantitative estimate of drug-likeness (QED) is 0.326. The van der Waals surface area contributed by atoms with Crippen molar-refractivity contribution in [1.82, 2.24) is 29.7 Å². The standard InChI is InChI=1S/C22H24FN7O4S2/c1-5-15-12-35-21(26-15)20-27-28-22(30(20)19-16(33-3)7-6-8-17(19)34-4)29-36(31,32)13(2)9-18-24-10-14(23)11-25-18/h6-8,10-13H,5,9H2,1-4H3,(H,28,29)/t13-/m1/s1. The highest BCUT2D eigenvalue weighted by atomic mass is 32.2. The van der Waals surface area contributed by atoms with Crippen LogP contribution in [0.3, 0.4) is 0 Å². The van der Waals surface area contributed by atoms with Crippen molar-refractivity contribution in [3.8, 4) is 28.0 Å². The number of hydrogen-bond acceptors (Lipinski definition) is 10. The van der Waals surface area contributed by atoms with E-state index >= 15 is 0 Å². The van der Waals surface area contributed by atoms with Crippen LogP contribution in [-0.2, 0) is 22.9 Å². The number of anilines is 1. The number of thiazole rings is 1. The first-order valence-corrected chi connectivity index (χ1v) is 13.3. The van der Waals surface area contributed by atoms with Gasteiger partial charge in [-0.15, -0.1) is 21.5 Å². The first-order valence-electron chi connectivity index (χ1n) is 10.9. The second kappa shape index (κ2) is 10.5. The normalized spacial score (nSPS) is 12.4. The summed E-state index contributed by atoms with van der Waals surface area (Å²) < 4.78 is 54.8. The molecule has 0 amide bonds. The zero-order chi connectivity index (χ0) is 25.9. The molecule has 0 saturated carbocycles. The smallest absolute Gasteiger partial charge is 0.243 e. The molecule has 11 nitrogen and oxygen atoms in total. The van der Waals surface area contributed by atoms with Crippen LogP contribution in [0.2, 0.25) is 0 Å². The molecule has 4 rings (SSSR count). The van der Waals surface area contributed by atoms with Crippen LogP contribution in [0.25, 0.3) is 16.5 Å². The molecule has 0 saturated heterocycles. The maximum atomic E-state index is 13.3. The fourth-order valence-electron chi connectivity index (χ4n) is 3.36. The van der Waals surface area contributed by atoms with Crippen molar-refractivity contribution < 1.29 is 22.3 Å². The highest BCUT2D eigenvalue weighted by Gasteiger charge is 2.29. The number of hydrogen-bond donors (Lipinski definition) is 1. The Morgan fingerprint density at radius 3 is 2.39 bits per heavy atom. The highest BCUT2D eigenvalue weighted by molar-refractivity contribution is 7.93. The van der Waals surface area contributed by atoms with Gasteiger partial charge in [0.05, 0.1) is 37.6 Å². The Balaban J connectivity index is 1.79. The molecule has 0 aliphatic carbocycles. The summed E-state index contributed by atoms with van der Waals surface area (Å²) in [7, 11) is -1.01. The van der Waals surface area contributed by atoms with Crippen molar-refractivity contribution in [3.05, 3.63) is 53.3 Å². The summed E-state index contributed by atoms with van der Waals surface area (Å²) in [6, 6.07) is 5.18. The number of nitrogens with one attached hydrogen (secondary N) is 1. The molecule has 3 aromatic heterocycles. The second-order valence-electron chi connectivity index (χ2n) is 7.67. The Labute approximate surface area is 211 Å². The first kappa shape index (κ1) is 25.4. The summed E-state index contributed by atoms with van der Waals surface area (Å²) in [6.07, 6.45) is 2.67. The van der Waals surface area contributed by atoms with E-state index in [0.29, 0.717) is 28.0 Å². The Morgan fingerprint density at radius 1 is 1.14 bits per heavy atom. The number of rotatable bonds is 10. The fraction of sp³-hybridized carbons (Fsp3) is 0.318. The lowest BCUT2D eigenvalue weighted by Gasteiger charge is -2.18. The van der Waals surface area contributed by atoms with Crippen molar-refractivity contribution in [1.29, 1.82) is 0 Å². The minimum Gasteiger partial charge on any atom is -0.494 e. The van der Waals surface area contributed by atoms with E-state index in [-0.39, 0.29) is 18.2 Å². The molecule has 0 radical (unpaired) electrons. The molecule has 14 heteroatoms. The second-order valence-corrected chi connectivity index (χ2v) is 10.6. The minimum absolute atomic E-state index is 0.0407. The predicted octanol–water partition coefficient (Wildman–Crippen LogP) is 3.27. The SMILES string of the molecule is CCc1csc(-c2nnc(NS(=O)(=O)[C@H](C)Cc3ncc(F)cn3)n2-c2c(OC)cccc2OC)n1. The van der Waals surface area contributed by atoms with E-state index in [9.17, 15) is 12.8 Å². The molecule has 1 atom stereocenters. The van der Waals surface area contributed by atoms with E-state index in [2.05, 4.69) is 29.9 Å². The maximum absolute atomic E-state index is 13.3. The average Bonchev–Trinajstić information content (AvgIpc) is 3.51. The van der Waals surface area contributed by atoms with Crippen LogP contribution >= 0.6 is 11.3 Å². The lowest BCUT2D eigenvalue weighted by molar-refractivity contribution is 0.391. The minimum atomic E-state index is -4.01. The van der Waals surface area contributed by atoms with Crippen LogP contribution in [0, 0.1) is 5.82 Å². The summed E-state index contributed by atoms with van der Waals surface area (Å²) in [5.41, 5.74) is 1.27. The maximum Gasteiger partial charge on any atom is 0.243 e. The molecule has 4 aromatic rings. The summed E-state index contributed by atoms with van der Waals surface area (Å²) in [5.74, 6) is 0.652. The van der Waals surface area contributed by atoms with E-state index in [4.69, 9.17) is 9.47 Å². The molecular formula is C22H24FN7O4S2. The van der Waals surface area contributed by atoms with Gasteiger partial charge >= 0.3 is 0 Å². The van der Waals surface area contributed by atoms with Gasteiger partial charge in [0, 0.05) is 11.8 Å². The molecule has 3 heterocycles. The number of benzene rings is 1. The van der Waals surface area contributed by atoms with E-state index in [1.54, 1.807) is 18.2 Å². The van der Waals surface area contributed by atoms with Crippen LogP contribution < -0.4 is 14.2 Å². The molecule has 190 valence electrons. The first-order chi connectivity index (χ1) is 17.3. The zero-order valence-electron chi connectivity index (χ0n) is 20.0. The van der Waals surface area contributed by atoms with E-state index in [1.165, 1.54) is 37.0 Å². The summed E-state index contributed by atoms with van der Waals surface area (Å²) >= 11 is 1.36. The molecular weight excluding hydrogens is 509 g/mol. The van der Waals surface area contributed by atoms with Gasteiger partial charge in [0.25, 0.3) is 0 Å². The third-order valence-electron chi connectivity index (χ3n) is 5.30. The number of aryl methyl sites for hydroxylation is 1. The van der Waals surface area contributed by atoms with Crippen molar-refractivity contribution >= 4 is 27.3 Å². The molecule has 36 heavy (non-hydrogen) atoms. The Morgan fingerprint density at radius 2 is 1.81 bits per heavy atom. The Hall–Kier alpha value is -3.65. The number of nitrogens with zero attached hydrogens (tertiary/aromatic N) is 6. The predicted molar refractivity (Wildman–Crippen MR) is 133 cm³/mol. The Kier molecular flexibility index (Phi) is 7.45. The topological polar surface area (TPSA) is 134 Å². The number of halogens is 1. The van der Waals surface area contributed by atoms with Crippen LogP contribution in [0.5, 0.6) is 11.5 Å². The van der Waals surface area contributed by atoms with Gasteiger partial charge in [-0.05, 0) is 25.5 Å². The molecule has 0 aliphatic heterocycles. The molecule has 1 aromatic carbocycles. The fourth-order valence-corrected chi connectivity index (χ4v) is 5.19. The van der Waals surface area contributed by atoms with Crippen molar-refractivity contribution in [3.63, 3.8) is 0 Å². The lowest BCUT2D eigenvalue weighted by Crippen LogP contribution is -2.29. The average molecular weight is 534 g/mol. The van der Waals surface area contributed by atoms with Crippen molar-refractivity contribution in [2.75, 3.05) is 18.9 Å². The van der Waals surface area contributed by atoms with Gasteiger partial charge in [0.15, 0.2) is 16.6 Å². The highest BCUT2D eigenvalue weighted by Crippen LogP contribution is 2.38. The Bertz CT molecular complexity index is 1430. The van der Waals surface area contributed by atoms with Gasteiger partial charge in [-0.2, -0.15) is 0 Å². The van der Waals surface area contributed by atoms with Gasteiger partial charge in [-0.3, -0.25) is 9.29 Å². The van der Waals surface area contributed by atoms with Crippen LogP contribution in [0.15, 0.2) is 36.0 Å². The monoisotopic (exact) mass is 533 g/mol. The number of para-hydroxylation sites is 1. The summed E-state index contributed by atoms with van der Waals surface area (Å²) in [6.45, 7) is 3.48. The third-order valence-corrected chi connectivity index (χ3v) is 7.88. The summed E-state index contributed by atoms with van der Waals surface area (Å²) in [5, 5.41) is 9.88. The third kappa shape index (κ3) is 5.14. The largest absolute Gasteiger partial charge is 0.494 e. The zero-order valence-corrected chi connectivity index (χ0v) is 21.6. The molecule has 0 aliphatic rings. The number of sulfonamides is 1. The van der Waals surface area contributed by atoms with Gasteiger partial charge in [0.1, 0.15) is 23.0 Å². The molecule has 0 unspecified atom stereocenters. The molecule has 0 bridgehead atoms. The number of ether oxygens (including phenoxy) is 2. The van der Waals surface area contributed by atoms with Crippen LogP contribution in [0.4, 0.5) is 10.3 Å². The summed E-state index contributed by atoms with van der Waals surface area (Å²) in [4.78, 5) is 12.3. The van der Waals surface area contributed by atoms with E-state index in [1.807, 2.05) is 12.3 Å².